The van der Waals surface area contributed by atoms with E-state index in [0.717, 1.165) is 0 Å². The summed E-state index contributed by atoms with van der Waals surface area (Å²) in [5, 5.41) is 0. The summed E-state index contributed by atoms with van der Waals surface area (Å²) in [5.74, 6) is 0. The van der Waals surface area contributed by atoms with E-state index < -0.39 is 6.71 Å². The van der Waals surface area contributed by atoms with Crippen molar-refractivity contribution in [2.24, 2.45) is 7.05 Å². The second-order valence-corrected chi connectivity index (χ2v) is 10.8. The number of aryl methyl sites for hydroxylation is 7. The van der Waals surface area contributed by atoms with Crippen LogP contribution in [0.3, 0.4) is 0 Å². The molecule has 0 spiro atoms. The lowest BCUT2D eigenvalue weighted by molar-refractivity contribution is -0.627. The standard InChI is InChI=1S/C32H33BN2/c1-19-15-21(3)29(22(4)16-19)25-11-10-12-26-31(25)35-28-14-9-8-13-27(28)34(7)32(35)33(26)30-23(5)17-20(2)18-24(30)6/h8-18,33H,1-7H3/t33-/m1/s1. The zero-order chi connectivity index (χ0) is 24.6. The number of hydrogen-bond donors (Lipinski definition) is 0. The Morgan fingerprint density at radius 3 is 1.94 bits per heavy atom. The van der Waals surface area contributed by atoms with Crippen molar-refractivity contribution >= 4 is 34.4 Å². The largest absolute Gasteiger partial charge is 0.266 e. The van der Waals surface area contributed by atoms with Gasteiger partial charge in [0.1, 0.15) is 5.69 Å². The maximum Gasteiger partial charge on any atom is 0.176 e. The second-order valence-electron chi connectivity index (χ2n) is 10.8. The normalized spacial score (nSPS) is 14.4. The fourth-order valence-corrected chi connectivity index (χ4v) is 7.24. The molecular formula is C32H33BN2. The highest BCUT2D eigenvalue weighted by atomic mass is 15.2. The van der Waals surface area contributed by atoms with Gasteiger partial charge in [0.05, 0.1) is 12.8 Å². The second kappa shape index (κ2) is 7.71. The third-order valence-electron chi connectivity index (χ3n) is 8.31. The van der Waals surface area contributed by atoms with Crippen LogP contribution in [-0.4, -0.2) is 11.3 Å². The fourth-order valence-electron chi connectivity index (χ4n) is 7.24. The molecule has 0 saturated heterocycles. The minimum atomic E-state index is -0.954. The molecule has 2 nitrogen and oxygen atoms in total. The number of aromatic nitrogens is 2. The predicted molar refractivity (Wildman–Crippen MR) is 151 cm³/mol. The summed E-state index contributed by atoms with van der Waals surface area (Å²) in [4.78, 5) is 0. The van der Waals surface area contributed by atoms with Gasteiger partial charge in [0.25, 0.3) is 0 Å². The Hall–Kier alpha value is -3.59. The molecule has 35 heavy (non-hydrogen) atoms. The Morgan fingerprint density at radius 1 is 0.686 bits per heavy atom. The molecule has 0 N–H and O–H groups in total. The van der Waals surface area contributed by atoms with Gasteiger partial charge in [-0.25, -0.2) is 4.57 Å². The lowest BCUT2D eigenvalue weighted by Gasteiger charge is -2.24. The van der Waals surface area contributed by atoms with E-state index in [1.54, 1.807) is 0 Å². The first-order valence-electron chi connectivity index (χ1n) is 12.8. The monoisotopic (exact) mass is 456 g/mol. The third-order valence-corrected chi connectivity index (χ3v) is 8.31. The maximum absolute atomic E-state index is 2.58. The van der Waals surface area contributed by atoms with Crippen LogP contribution < -0.4 is 21.2 Å². The van der Waals surface area contributed by atoms with Crippen molar-refractivity contribution in [2.45, 2.75) is 41.5 Å². The van der Waals surface area contributed by atoms with Gasteiger partial charge >= 0.3 is 0 Å². The van der Waals surface area contributed by atoms with Gasteiger partial charge in [0.15, 0.2) is 17.7 Å². The zero-order valence-electron chi connectivity index (χ0n) is 22.0. The molecule has 4 aromatic carbocycles. The first-order chi connectivity index (χ1) is 16.8. The molecule has 2 heterocycles. The molecule has 1 aliphatic rings. The van der Waals surface area contributed by atoms with Crippen LogP contribution in [0.4, 0.5) is 0 Å². The molecule has 0 amide bonds. The average molecular weight is 456 g/mol. The van der Waals surface area contributed by atoms with Gasteiger partial charge in [-0.3, -0.25) is 4.57 Å². The van der Waals surface area contributed by atoms with Crippen molar-refractivity contribution in [2.75, 3.05) is 0 Å². The lowest BCUT2D eigenvalue weighted by atomic mass is 9.39. The highest BCUT2D eigenvalue weighted by Crippen LogP contribution is 2.35. The highest BCUT2D eigenvalue weighted by Gasteiger charge is 2.38. The van der Waals surface area contributed by atoms with Gasteiger partial charge in [0, 0.05) is 5.56 Å². The number of imidazole rings is 1. The van der Waals surface area contributed by atoms with E-state index in [1.807, 2.05) is 0 Å². The van der Waals surface area contributed by atoms with Crippen molar-refractivity contribution in [3.8, 4) is 16.8 Å². The molecule has 1 aromatic heterocycles. The van der Waals surface area contributed by atoms with E-state index >= 15 is 0 Å². The Morgan fingerprint density at radius 2 is 1.29 bits per heavy atom. The van der Waals surface area contributed by atoms with Crippen LogP contribution in [0.5, 0.6) is 0 Å². The molecule has 1 atom stereocenters. The minimum Gasteiger partial charge on any atom is -0.266 e. The van der Waals surface area contributed by atoms with Crippen LogP contribution in [0.1, 0.15) is 33.4 Å². The summed E-state index contributed by atoms with van der Waals surface area (Å²) in [6.07, 6.45) is 0. The van der Waals surface area contributed by atoms with E-state index in [-0.39, 0.29) is 0 Å². The van der Waals surface area contributed by atoms with Crippen molar-refractivity contribution in [3.63, 3.8) is 0 Å². The quantitative estimate of drug-likeness (QED) is 0.267. The van der Waals surface area contributed by atoms with E-state index in [2.05, 4.69) is 124 Å². The molecule has 3 heteroatoms. The molecule has 0 bridgehead atoms. The number of nitrogens with zero attached hydrogens (tertiary/aromatic N) is 2. The van der Waals surface area contributed by atoms with Crippen LogP contribution in [0.25, 0.3) is 27.8 Å². The molecule has 1 aliphatic heterocycles. The van der Waals surface area contributed by atoms with Gasteiger partial charge < -0.3 is 0 Å². The van der Waals surface area contributed by atoms with Crippen molar-refractivity contribution < 1.29 is 4.57 Å². The van der Waals surface area contributed by atoms with E-state index in [0.29, 0.717) is 0 Å². The van der Waals surface area contributed by atoms with Gasteiger partial charge in [-0.05, 0) is 70.4 Å². The lowest BCUT2D eigenvalue weighted by Crippen LogP contribution is -2.62. The number of fused-ring (bicyclic) bond motifs is 5. The maximum atomic E-state index is 2.58. The SMILES string of the molecule is Cc1cc(C)c([B@H-]2c3cccc(-c4c(C)cc(C)cc4C)c3-n3c2[n+](C)c2ccccc23)c(C)c1. The van der Waals surface area contributed by atoms with Gasteiger partial charge in [-0.2, -0.15) is 5.46 Å². The summed E-state index contributed by atoms with van der Waals surface area (Å²) in [5.41, 5.74) is 19.2. The van der Waals surface area contributed by atoms with Crippen LogP contribution in [0.2, 0.25) is 0 Å². The Bertz CT molecular complexity index is 1630. The molecular weight excluding hydrogens is 423 g/mol. The minimum absolute atomic E-state index is 0.954. The zero-order valence-corrected chi connectivity index (χ0v) is 22.0. The van der Waals surface area contributed by atoms with Gasteiger partial charge in [-0.1, -0.05) is 76.9 Å². The summed E-state index contributed by atoms with van der Waals surface area (Å²) in [7, 11) is 2.25. The summed E-state index contributed by atoms with van der Waals surface area (Å²) >= 11 is 0. The number of para-hydroxylation sites is 3. The topological polar surface area (TPSA) is 8.81 Å². The third kappa shape index (κ3) is 3.07. The smallest absolute Gasteiger partial charge is 0.176 e. The molecule has 0 fully saturated rings. The van der Waals surface area contributed by atoms with Crippen molar-refractivity contribution in [3.05, 3.63) is 100 Å². The van der Waals surface area contributed by atoms with Crippen LogP contribution in [-0.2, 0) is 7.05 Å². The fraction of sp³-hybridized carbons (Fsp3) is 0.219. The van der Waals surface area contributed by atoms with Crippen molar-refractivity contribution in [1.82, 2.24) is 4.57 Å². The molecule has 0 unspecified atom stereocenters. The first-order valence-corrected chi connectivity index (χ1v) is 12.8. The molecule has 174 valence electrons. The average Bonchev–Trinajstić information content (AvgIpc) is 3.27. The summed E-state index contributed by atoms with van der Waals surface area (Å²) in [6.45, 7) is 12.6. The number of hydrogen-bond acceptors (Lipinski definition) is 0. The molecule has 5 aromatic rings. The Kier molecular flexibility index (Phi) is 4.83. The summed E-state index contributed by atoms with van der Waals surface area (Å²) < 4.78 is 5.03. The molecule has 0 aliphatic carbocycles. The predicted octanol–water partition coefficient (Wildman–Crippen LogP) is 4.53. The van der Waals surface area contributed by atoms with Gasteiger partial charge in [0.2, 0.25) is 0 Å². The van der Waals surface area contributed by atoms with Crippen LogP contribution in [0, 0.1) is 41.5 Å². The molecule has 0 radical (unpaired) electrons. The van der Waals surface area contributed by atoms with Gasteiger partial charge in [-0.15, -0.1) is 5.46 Å². The number of rotatable bonds is 2. The van der Waals surface area contributed by atoms with Crippen LogP contribution >= 0.6 is 0 Å². The number of benzene rings is 4. The molecule has 6 rings (SSSR count). The van der Waals surface area contributed by atoms with E-state index in [4.69, 9.17) is 0 Å². The van der Waals surface area contributed by atoms with Crippen molar-refractivity contribution in [1.29, 1.82) is 0 Å². The van der Waals surface area contributed by atoms with E-state index in [9.17, 15) is 0 Å². The Labute approximate surface area is 209 Å². The first kappa shape index (κ1) is 21.9. The summed E-state index contributed by atoms with van der Waals surface area (Å²) in [6, 6.07) is 25.2. The van der Waals surface area contributed by atoms with E-state index in [1.165, 1.54) is 77.9 Å². The Balaban J connectivity index is 1.78. The molecule has 0 saturated carbocycles. The van der Waals surface area contributed by atoms with Crippen LogP contribution in [0.15, 0.2) is 66.7 Å². The highest BCUT2D eigenvalue weighted by molar-refractivity contribution is 6.96.